The van der Waals surface area contributed by atoms with Crippen LogP contribution in [0.2, 0.25) is 5.02 Å². The Morgan fingerprint density at radius 2 is 1.66 bits per heavy atom. The molecule has 2 heterocycles. The molecule has 13 nitrogen and oxygen atoms in total. The van der Waals surface area contributed by atoms with Gasteiger partial charge in [0.1, 0.15) is 35.0 Å². The average Bonchev–Trinajstić information content (AvgIpc) is 3.54. The van der Waals surface area contributed by atoms with Crippen LogP contribution < -0.4 is 32.0 Å². The van der Waals surface area contributed by atoms with Crippen molar-refractivity contribution in [3.05, 3.63) is 128 Å². The van der Waals surface area contributed by atoms with Crippen LogP contribution >= 0.6 is 11.6 Å². The number of aryl methyl sites for hydroxylation is 2. The molecule has 0 bridgehead atoms. The van der Waals surface area contributed by atoms with Crippen LogP contribution in [-0.2, 0) is 23.4 Å². The topological polar surface area (TPSA) is 183 Å². The number of amides is 4. The number of rotatable bonds is 11. The summed E-state index contributed by atoms with van der Waals surface area (Å²) in [5, 5.41) is 22.6. The maximum Gasteiger partial charge on any atom is 0.320 e. The number of aromatic hydroxyl groups is 1. The molecule has 14 heteroatoms. The number of halogens is 1. The first-order valence-corrected chi connectivity index (χ1v) is 17.2. The average molecular weight is 740 g/mol. The highest BCUT2D eigenvalue weighted by molar-refractivity contribution is 6.31. The summed E-state index contributed by atoms with van der Waals surface area (Å²) in [6, 6.07) is 20.9. The van der Waals surface area contributed by atoms with E-state index in [2.05, 4.69) is 16.0 Å². The van der Waals surface area contributed by atoms with Crippen LogP contribution in [0.4, 0.5) is 10.6 Å². The molecule has 4 amide bonds. The lowest BCUT2D eigenvalue weighted by Gasteiger charge is -2.18. The van der Waals surface area contributed by atoms with Gasteiger partial charge in [0.05, 0.1) is 17.1 Å². The van der Waals surface area contributed by atoms with Crippen molar-refractivity contribution in [1.29, 1.82) is 0 Å². The van der Waals surface area contributed by atoms with Gasteiger partial charge in [-0.2, -0.15) is 5.10 Å². The van der Waals surface area contributed by atoms with Crippen molar-refractivity contribution in [1.82, 2.24) is 25.0 Å². The Kier molecular flexibility index (Phi) is 11.3. The predicted molar refractivity (Wildman–Crippen MR) is 203 cm³/mol. The third-order valence-corrected chi connectivity index (χ3v) is 8.89. The number of nitrogens with one attached hydrogen (secondary N) is 3. The summed E-state index contributed by atoms with van der Waals surface area (Å²) in [7, 11) is 0. The third kappa shape index (κ3) is 8.87. The molecule has 0 saturated carbocycles. The van der Waals surface area contributed by atoms with Gasteiger partial charge in [0.15, 0.2) is 0 Å². The second-order valence-corrected chi connectivity index (χ2v) is 14.0. The van der Waals surface area contributed by atoms with Crippen molar-refractivity contribution >= 4 is 35.3 Å². The standard InChI is InChI=1S/C39H42ClN7O6/c1-22-11-12-25(36(50)43-24(3)35(41)49)18-30(22)46-23(2)17-31(34(40)37(46)51)53-21-27-10-8-7-9-26(27)20-42-38(52)44-33-19-32(39(4,5)6)45-47(33)28-13-15-29(48)16-14-28/h7-19,24,48H,20-21H2,1-6H3,(H2,41,49)(H,43,50)(H2,42,44,52)/t24-/m0/s1. The van der Waals surface area contributed by atoms with Gasteiger partial charge in [-0.3, -0.25) is 24.3 Å². The first kappa shape index (κ1) is 38.2. The van der Waals surface area contributed by atoms with Crippen molar-refractivity contribution < 1.29 is 24.2 Å². The molecule has 5 rings (SSSR count). The van der Waals surface area contributed by atoms with Crippen LogP contribution in [0.15, 0.2) is 83.7 Å². The Balaban J connectivity index is 1.30. The van der Waals surface area contributed by atoms with Crippen molar-refractivity contribution in [2.75, 3.05) is 5.32 Å². The zero-order chi connectivity index (χ0) is 38.6. The van der Waals surface area contributed by atoms with Gasteiger partial charge in [-0.1, -0.05) is 62.7 Å². The Labute approximate surface area is 311 Å². The molecule has 0 aliphatic rings. The van der Waals surface area contributed by atoms with Gasteiger partial charge < -0.3 is 26.2 Å². The summed E-state index contributed by atoms with van der Waals surface area (Å²) in [5.74, 6) is -0.448. The Morgan fingerprint density at radius 1 is 0.981 bits per heavy atom. The molecule has 0 unspecified atom stereocenters. The first-order chi connectivity index (χ1) is 25.0. The van der Waals surface area contributed by atoms with E-state index < -0.39 is 29.4 Å². The smallest absolute Gasteiger partial charge is 0.320 e. The molecule has 1 atom stereocenters. The molecule has 3 aromatic carbocycles. The number of pyridine rings is 1. The zero-order valence-corrected chi connectivity index (χ0v) is 31.0. The van der Waals surface area contributed by atoms with Crippen LogP contribution in [0.25, 0.3) is 11.4 Å². The number of urea groups is 1. The van der Waals surface area contributed by atoms with Crippen LogP contribution in [0, 0.1) is 13.8 Å². The van der Waals surface area contributed by atoms with Gasteiger partial charge in [-0.25, -0.2) is 9.48 Å². The van der Waals surface area contributed by atoms with E-state index in [1.165, 1.54) is 11.5 Å². The summed E-state index contributed by atoms with van der Waals surface area (Å²) in [4.78, 5) is 51.0. The summed E-state index contributed by atoms with van der Waals surface area (Å²) in [6.07, 6.45) is 0. The Morgan fingerprint density at radius 3 is 2.32 bits per heavy atom. The second kappa shape index (κ2) is 15.7. The minimum absolute atomic E-state index is 0.0530. The van der Waals surface area contributed by atoms with Crippen LogP contribution in [-0.4, -0.2) is 43.3 Å². The molecule has 2 aromatic heterocycles. The van der Waals surface area contributed by atoms with Gasteiger partial charge in [0, 0.05) is 35.3 Å². The highest BCUT2D eigenvalue weighted by atomic mass is 35.5. The lowest BCUT2D eigenvalue weighted by Crippen LogP contribution is -2.42. The molecule has 5 aromatic rings. The van der Waals surface area contributed by atoms with E-state index in [0.29, 0.717) is 28.5 Å². The number of phenolic OH excluding ortho intramolecular Hbond substituents is 1. The van der Waals surface area contributed by atoms with Gasteiger partial charge in [-0.05, 0) is 73.9 Å². The number of carbonyl (C=O) groups is 3. The van der Waals surface area contributed by atoms with Crippen molar-refractivity contribution in [3.8, 4) is 22.9 Å². The molecule has 6 N–H and O–H groups in total. The van der Waals surface area contributed by atoms with Gasteiger partial charge in [0.25, 0.3) is 11.5 Å². The number of benzene rings is 3. The fraction of sp³-hybridized carbons (Fsp3) is 0.256. The van der Waals surface area contributed by atoms with E-state index in [1.807, 2.05) is 51.1 Å². The lowest BCUT2D eigenvalue weighted by molar-refractivity contribution is -0.119. The molecule has 0 saturated heterocycles. The molecule has 0 aliphatic carbocycles. The largest absolute Gasteiger partial charge is 0.508 e. The van der Waals surface area contributed by atoms with Crippen LogP contribution in [0.3, 0.4) is 0 Å². The Hall–Kier alpha value is -6.08. The minimum atomic E-state index is -0.879. The summed E-state index contributed by atoms with van der Waals surface area (Å²) in [5.41, 5.74) is 9.33. The summed E-state index contributed by atoms with van der Waals surface area (Å²) in [6.45, 7) is 11.3. The molecule has 0 radical (unpaired) electrons. The quantitative estimate of drug-likeness (QED) is 0.113. The number of hydrogen-bond donors (Lipinski definition) is 5. The zero-order valence-electron chi connectivity index (χ0n) is 30.3. The molecule has 53 heavy (non-hydrogen) atoms. The van der Waals surface area contributed by atoms with E-state index in [4.69, 9.17) is 27.2 Å². The number of nitrogens with two attached hydrogens (primary N) is 1. The van der Waals surface area contributed by atoms with Crippen molar-refractivity contribution in [3.63, 3.8) is 0 Å². The second-order valence-electron chi connectivity index (χ2n) is 13.7. The van der Waals surface area contributed by atoms with Crippen LogP contribution in [0.5, 0.6) is 11.5 Å². The number of hydrogen-bond acceptors (Lipinski definition) is 7. The monoisotopic (exact) mass is 739 g/mol. The highest BCUT2D eigenvalue weighted by Gasteiger charge is 2.22. The SMILES string of the molecule is Cc1ccc(C(=O)N[C@@H](C)C(N)=O)cc1-n1c(C)cc(OCc2ccccc2CNC(=O)Nc2cc(C(C)(C)C)nn2-c2ccc(O)cc2)c(Cl)c1=O. The van der Waals surface area contributed by atoms with E-state index in [1.54, 1.807) is 67.1 Å². The maximum absolute atomic E-state index is 13.6. The number of anilines is 1. The normalized spacial score (nSPS) is 11.8. The van der Waals surface area contributed by atoms with E-state index in [-0.39, 0.29) is 40.7 Å². The van der Waals surface area contributed by atoms with Crippen LogP contribution in [0.1, 0.15) is 66.1 Å². The molecule has 276 valence electrons. The minimum Gasteiger partial charge on any atom is -0.508 e. The fourth-order valence-corrected chi connectivity index (χ4v) is 5.61. The van der Waals surface area contributed by atoms with Crippen molar-refractivity contribution in [2.45, 2.75) is 66.2 Å². The van der Waals surface area contributed by atoms with Gasteiger partial charge in [0.2, 0.25) is 5.91 Å². The molecular formula is C39H42ClN7O6. The molecule has 0 spiro atoms. The predicted octanol–water partition coefficient (Wildman–Crippen LogP) is 5.80. The summed E-state index contributed by atoms with van der Waals surface area (Å²) < 4.78 is 9.08. The van der Waals surface area contributed by atoms with Gasteiger partial charge in [-0.15, -0.1) is 0 Å². The number of phenols is 1. The van der Waals surface area contributed by atoms with Gasteiger partial charge >= 0.3 is 6.03 Å². The van der Waals surface area contributed by atoms with E-state index in [9.17, 15) is 24.3 Å². The van der Waals surface area contributed by atoms with E-state index in [0.717, 1.165) is 16.8 Å². The highest BCUT2D eigenvalue weighted by Crippen LogP contribution is 2.28. The number of ether oxygens (including phenoxy) is 1. The van der Waals surface area contributed by atoms with Crippen molar-refractivity contribution in [2.24, 2.45) is 5.73 Å². The number of carbonyl (C=O) groups excluding carboxylic acids is 3. The molecule has 0 aliphatic heterocycles. The number of nitrogens with zero attached hydrogens (tertiary/aromatic N) is 3. The molecule has 0 fully saturated rings. The van der Waals surface area contributed by atoms with E-state index >= 15 is 0 Å². The third-order valence-electron chi connectivity index (χ3n) is 8.54. The summed E-state index contributed by atoms with van der Waals surface area (Å²) >= 11 is 6.59. The lowest BCUT2D eigenvalue weighted by atomic mass is 9.92. The maximum atomic E-state index is 13.6. The number of primary amides is 1. The molecular weight excluding hydrogens is 698 g/mol. The number of aromatic nitrogens is 3. The Bertz CT molecular complexity index is 2240. The fourth-order valence-electron chi connectivity index (χ4n) is 5.42. The first-order valence-electron chi connectivity index (χ1n) is 16.8.